The van der Waals surface area contributed by atoms with E-state index >= 15 is 0 Å². The lowest BCUT2D eigenvalue weighted by Crippen LogP contribution is -2.38. The van der Waals surface area contributed by atoms with Gasteiger partial charge in [0.05, 0.1) is 0 Å². The molecule has 1 aliphatic heterocycles. The molecule has 29 heavy (non-hydrogen) atoms. The molecule has 6 nitrogen and oxygen atoms in total. The molecule has 0 N–H and O–H groups in total. The van der Waals surface area contributed by atoms with Crippen molar-refractivity contribution >= 4 is 17.2 Å². The van der Waals surface area contributed by atoms with Gasteiger partial charge in [0, 0.05) is 35.5 Å². The van der Waals surface area contributed by atoms with Crippen LogP contribution in [-0.2, 0) is 0 Å². The third kappa shape index (κ3) is 4.58. The van der Waals surface area contributed by atoms with Crippen molar-refractivity contribution in [2.45, 2.75) is 25.1 Å². The van der Waals surface area contributed by atoms with Crippen LogP contribution >= 0.6 is 11.3 Å². The zero-order chi connectivity index (χ0) is 20.4. The number of carbonyl (C=O) groups excluding carboxylic acids is 1. The van der Waals surface area contributed by atoms with Gasteiger partial charge in [0.2, 0.25) is 11.8 Å². The van der Waals surface area contributed by atoms with Crippen LogP contribution in [0.5, 0.6) is 5.75 Å². The van der Waals surface area contributed by atoms with Crippen LogP contribution in [0, 0.1) is 0 Å². The van der Waals surface area contributed by atoms with E-state index < -0.39 is 6.36 Å². The molecule has 1 aliphatic rings. The number of ether oxygens (including phenoxy) is 1. The minimum absolute atomic E-state index is 0.0708. The van der Waals surface area contributed by atoms with Gasteiger partial charge in [-0.3, -0.25) is 4.79 Å². The molecule has 0 unspecified atom stereocenters. The summed E-state index contributed by atoms with van der Waals surface area (Å²) < 4.78 is 46.3. The van der Waals surface area contributed by atoms with Crippen molar-refractivity contribution < 1.29 is 27.1 Å². The number of thiophene rings is 1. The van der Waals surface area contributed by atoms with Gasteiger partial charge in [0.1, 0.15) is 5.75 Å². The van der Waals surface area contributed by atoms with Gasteiger partial charge in [-0.1, -0.05) is 0 Å². The van der Waals surface area contributed by atoms with Gasteiger partial charge in [0.25, 0.3) is 5.91 Å². The Bertz CT molecular complexity index is 963. The molecule has 4 rings (SSSR count). The summed E-state index contributed by atoms with van der Waals surface area (Å²) in [7, 11) is 0. The first-order chi connectivity index (χ1) is 13.9. The van der Waals surface area contributed by atoms with E-state index in [1.54, 1.807) is 16.2 Å². The fourth-order valence-corrected chi connectivity index (χ4v) is 3.84. The lowest BCUT2D eigenvalue weighted by molar-refractivity contribution is -0.274. The van der Waals surface area contributed by atoms with E-state index in [2.05, 4.69) is 14.9 Å². The monoisotopic (exact) mass is 423 g/mol. The summed E-state index contributed by atoms with van der Waals surface area (Å²) >= 11 is 1.55. The molecule has 2 aromatic heterocycles. The predicted molar refractivity (Wildman–Crippen MR) is 98.6 cm³/mol. The topological polar surface area (TPSA) is 68.5 Å². The number of nitrogens with zero attached hydrogens (tertiary/aromatic N) is 3. The van der Waals surface area contributed by atoms with Gasteiger partial charge in [0.15, 0.2) is 0 Å². The number of amides is 1. The molecule has 1 saturated heterocycles. The molecule has 0 radical (unpaired) electrons. The summed E-state index contributed by atoms with van der Waals surface area (Å²) in [6.07, 6.45) is -3.41. The lowest BCUT2D eigenvalue weighted by Gasteiger charge is -2.30. The van der Waals surface area contributed by atoms with E-state index in [1.165, 1.54) is 12.1 Å². The van der Waals surface area contributed by atoms with Crippen LogP contribution in [0.1, 0.15) is 35.0 Å². The maximum atomic E-state index is 12.6. The normalized spacial score (nSPS) is 15.5. The molecule has 0 saturated carbocycles. The van der Waals surface area contributed by atoms with E-state index in [0.717, 1.165) is 17.7 Å². The molecule has 3 aromatic rings. The molecular weight excluding hydrogens is 407 g/mol. The SMILES string of the molecule is O=C(c1ccc(OC(F)(F)F)cc1)N1CCC(c2nnc(-c3ccsc3)o2)CC1. The number of piperidine rings is 1. The second kappa shape index (κ2) is 7.86. The number of benzene rings is 1. The van der Waals surface area contributed by atoms with Crippen molar-refractivity contribution in [3.05, 3.63) is 52.5 Å². The molecule has 1 fully saturated rings. The first-order valence-electron chi connectivity index (χ1n) is 8.90. The summed E-state index contributed by atoms with van der Waals surface area (Å²) in [6, 6.07) is 6.85. The Morgan fingerprint density at radius 2 is 1.86 bits per heavy atom. The number of hydrogen-bond donors (Lipinski definition) is 0. The molecular formula is C19H16F3N3O3S. The summed E-state index contributed by atoms with van der Waals surface area (Å²) in [5.41, 5.74) is 1.20. The molecule has 0 aliphatic carbocycles. The number of halogens is 3. The number of carbonyl (C=O) groups is 1. The summed E-state index contributed by atoms with van der Waals surface area (Å²) in [5, 5.41) is 12.1. The first-order valence-corrected chi connectivity index (χ1v) is 9.84. The Kier molecular flexibility index (Phi) is 5.27. The third-order valence-electron chi connectivity index (χ3n) is 4.68. The average Bonchev–Trinajstić information content (AvgIpc) is 3.39. The van der Waals surface area contributed by atoms with Crippen LogP contribution in [0.3, 0.4) is 0 Å². The maximum Gasteiger partial charge on any atom is 0.573 e. The van der Waals surface area contributed by atoms with Crippen LogP contribution < -0.4 is 4.74 Å². The average molecular weight is 423 g/mol. The summed E-state index contributed by atoms with van der Waals surface area (Å²) in [6.45, 7) is 1.00. The number of alkyl halides is 3. The molecule has 3 heterocycles. The van der Waals surface area contributed by atoms with Crippen molar-refractivity contribution in [2.24, 2.45) is 0 Å². The Balaban J connectivity index is 1.35. The Morgan fingerprint density at radius 3 is 2.48 bits per heavy atom. The summed E-state index contributed by atoms with van der Waals surface area (Å²) in [5.74, 6) is 0.534. The zero-order valence-corrected chi connectivity index (χ0v) is 15.9. The molecule has 10 heteroatoms. The zero-order valence-electron chi connectivity index (χ0n) is 15.1. The highest BCUT2D eigenvalue weighted by Crippen LogP contribution is 2.30. The minimum atomic E-state index is -4.76. The standard InChI is InChI=1S/C19H16F3N3O3S/c20-19(21,22)28-15-3-1-13(2-4-15)18(26)25-8-5-12(6-9-25)16-23-24-17(27-16)14-7-10-29-11-14/h1-4,7,10-12H,5-6,8-9H2. The van der Waals surface area contributed by atoms with Gasteiger partial charge in [-0.25, -0.2) is 0 Å². The summed E-state index contributed by atoms with van der Waals surface area (Å²) in [4.78, 5) is 14.3. The van der Waals surface area contributed by atoms with E-state index in [0.29, 0.717) is 43.3 Å². The predicted octanol–water partition coefficient (Wildman–Crippen LogP) is 4.72. The highest BCUT2D eigenvalue weighted by molar-refractivity contribution is 7.08. The largest absolute Gasteiger partial charge is 0.573 e. The number of hydrogen-bond acceptors (Lipinski definition) is 6. The molecule has 1 amide bonds. The molecule has 0 spiro atoms. The maximum absolute atomic E-state index is 12.6. The number of likely N-dealkylation sites (tertiary alicyclic amines) is 1. The van der Waals surface area contributed by atoms with Crippen LogP contribution in [0.2, 0.25) is 0 Å². The van der Waals surface area contributed by atoms with Crippen LogP contribution in [0.4, 0.5) is 13.2 Å². The van der Waals surface area contributed by atoms with Gasteiger partial charge >= 0.3 is 6.36 Å². The van der Waals surface area contributed by atoms with Crippen molar-refractivity contribution in [3.63, 3.8) is 0 Å². The fraction of sp³-hybridized carbons (Fsp3) is 0.316. The van der Waals surface area contributed by atoms with E-state index in [9.17, 15) is 18.0 Å². The third-order valence-corrected chi connectivity index (χ3v) is 5.36. The lowest BCUT2D eigenvalue weighted by atomic mass is 9.96. The van der Waals surface area contributed by atoms with Crippen molar-refractivity contribution in [2.75, 3.05) is 13.1 Å². The van der Waals surface area contributed by atoms with Crippen LogP contribution in [0.15, 0.2) is 45.5 Å². The first kappa shape index (κ1) is 19.4. The smallest absolute Gasteiger partial charge is 0.420 e. The molecule has 0 bridgehead atoms. The van der Waals surface area contributed by atoms with Crippen molar-refractivity contribution in [3.8, 4) is 17.2 Å². The highest BCUT2D eigenvalue weighted by Gasteiger charge is 2.31. The van der Waals surface area contributed by atoms with Gasteiger partial charge in [-0.05, 0) is 48.6 Å². The molecule has 0 atom stereocenters. The Labute approximate surface area is 167 Å². The fourth-order valence-electron chi connectivity index (χ4n) is 3.21. The minimum Gasteiger partial charge on any atom is -0.420 e. The van der Waals surface area contributed by atoms with Crippen LogP contribution in [-0.4, -0.2) is 40.5 Å². The van der Waals surface area contributed by atoms with E-state index in [-0.39, 0.29) is 17.6 Å². The molecule has 152 valence electrons. The van der Waals surface area contributed by atoms with Crippen molar-refractivity contribution in [1.82, 2.24) is 15.1 Å². The van der Waals surface area contributed by atoms with Crippen LogP contribution in [0.25, 0.3) is 11.5 Å². The second-order valence-electron chi connectivity index (χ2n) is 6.60. The second-order valence-corrected chi connectivity index (χ2v) is 7.38. The van der Waals surface area contributed by atoms with E-state index in [1.807, 2.05) is 16.8 Å². The Morgan fingerprint density at radius 1 is 1.14 bits per heavy atom. The number of aromatic nitrogens is 2. The quantitative estimate of drug-likeness (QED) is 0.608. The number of rotatable bonds is 4. The Hall–Kier alpha value is -2.88. The van der Waals surface area contributed by atoms with Crippen molar-refractivity contribution in [1.29, 1.82) is 0 Å². The molecule has 1 aromatic carbocycles. The van der Waals surface area contributed by atoms with Gasteiger partial charge in [-0.15, -0.1) is 23.4 Å². The van der Waals surface area contributed by atoms with E-state index in [4.69, 9.17) is 4.42 Å². The van der Waals surface area contributed by atoms with Gasteiger partial charge in [-0.2, -0.15) is 11.3 Å². The van der Waals surface area contributed by atoms with Gasteiger partial charge < -0.3 is 14.1 Å². The highest BCUT2D eigenvalue weighted by atomic mass is 32.1.